The lowest BCUT2D eigenvalue weighted by Crippen LogP contribution is -1.99. The van der Waals surface area contributed by atoms with Crippen LogP contribution in [0.1, 0.15) is 18.1 Å². The van der Waals surface area contributed by atoms with E-state index in [9.17, 15) is 4.79 Å². The van der Waals surface area contributed by atoms with Crippen LogP contribution < -0.4 is 14.2 Å². The van der Waals surface area contributed by atoms with E-state index < -0.39 is 0 Å². The highest BCUT2D eigenvalue weighted by Gasteiger charge is 2.20. The molecule has 124 valence electrons. The predicted octanol–water partition coefficient (Wildman–Crippen LogP) is 3.57. The Hall–Kier alpha value is -2.95. The molecule has 5 nitrogen and oxygen atoms in total. The van der Waals surface area contributed by atoms with Gasteiger partial charge in [-0.05, 0) is 36.3 Å². The molecule has 0 amide bonds. The summed E-state index contributed by atoms with van der Waals surface area (Å²) in [5.41, 5.74) is 1.83. The van der Waals surface area contributed by atoms with Gasteiger partial charge in [0.2, 0.25) is 12.5 Å². The molecular weight excluding hydrogens is 308 g/mol. The molecule has 0 radical (unpaired) electrons. The number of hydrogen-bond acceptors (Lipinski definition) is 5. The Morgan fingerprint density at radius 3 is 2.83 bits per heavy atom. The standard InChI is InChI=1S/C19H18O5/c1-2-21-18(20)9-8-15-10-16(19-17(11-15)23-13-24-19)22-12-14-6-4-3-5-7-14/h3-11H,2,12-13H2,1H3/b9-8+. The number of rotatable bonds is 6. The number of carbonyl (C=O) groups is 1. The van der Waals surface area contributed by atoms with Crippen LogP contribution in [0.15, 0.2) is 48.5 Å². The highest BCUT2D eigenvalue weighted by Crippen LogP contribution is 2.42. The molecule has 0 fully saturated rings. The van der Waals surface area contributed by atoms with Crippen molar-refractivity contribution in [2.45, 2.75) is 13.5 Å². The van der Waals surface area contributed by atoms with Crippen LogP contribution in [-0.2, 0) is 16.1 Å². The summed E-state index contributed by atoms with van der Waals surface area (Å²) < 4.78 is 21.7. The minimum absolute atomic E-state index is 0.155. The molecule has 3 rings (SSSR count). The number of hydrogen-bond donors (Lipinski definition) is 0. The minimum atomic E-state index is -0.387. The van der Waals surface area contributed by atoms with Gasteiger partial charge in [-0.2, -0.15) is 0 Å². The van der Waals surface area contributed by atoms with Gasteiger partial charge in [-0.25, -0.2) is 4.79 Å². The van der Waals surface area contributed by atoms with Crippen molar-refractivity contribution in [2.75, 3.05) is 13.4 Å². The average Bonchev–Trinajstić information content (AvgIpc) is 3.08. The molecule has 1 aliphatic rings. The topological polar surface area (TPSA) is 54.0 Å². The molecule has 2 aromatic rings. The summed E-state index contributed by atoms with van der Waals surface area (Å²) in [6, 6.07) is 13.5. The zero-order valence-corrected chi connectivity index (χ0v) is 13.4. The van der Waals surface area contributed by atoms with E-state index in [1.807, 2.05) is 36.4 Å². The molecule has 0 N–H and O–H groups in total. The van der Waals surface area contributed by atoms with Crippen molar-refractivity contribution in [1.82, 2.24) is 0 Å². The van der Waals surface area contributed by atoms with E-state index in [2.05, 4.69) is 0 Å². The molecule has 0 unspecified atom stereocenters. The van der Waals surface area contributed by atoms with Crippen molar-refractivity contribution in [2.24, 2.45) is 0 Å². The number of benzene rings is 2. The van der Waals surface area contributed by atoms with Gasteiger partial charge in [0.25, 0.3) is 0 Å². The number of ether oxygens (including phenoxy) is 4. The molecule has 1 aliphatic heterocycles. The number of fused-ring (bicyclic) bond motifs is 1. The number of carbonyl (C=O) groups excluding carboxylic acids is 1. The molecule has 0 saturated heterocycles. The maximum atomic E-state index is 11.4. The van der Waals surface area contributed by atoms with Crippen molar-refractivity contribution in [3.63, 3.8) is 0 Å². The summed E-state index contributed by atoms with van der Waals surface area (Å²) in [6.45, 7) is 2.68. The minimum Gasteiger partial charge on any atom is -0.485 e. The Labute approximate surface area is 140 Å². The van der Waals surface area contributed by atoms with Gasteiger partial charge in [-0.3, -0.25) is 0 Å². The Morgan fingerprint density at radius 1 is 1.21 bits per heavy atom. The summed E-state index contributed by atoms with van der Waals surface area (Å²) in [6.07, 6.45) is 3.04. The van der Waals surface area contributed by atoms with Gasteiger partial charge in [-0.1, -0.05) is 30.3 Å². The average molecular weight is 326 g/mol. The number of esters is 1. The third-order valence-electron chi connectivity index (χ3n) is 3.40. The summed E-state index contributed by atoms with van der Waals surface area (Å²) in [5.74, 6) is 1.38. The smallest absolute Gasteiger partial charge is 0.330 e. The molecule has 0 saturated carbocycles. The maximum absolute atomic E-state index is 11.4. The fourth-order valence-electron chi connectivity index (χ4n) is 2.29. The summed E-state index contributed by atoms with van der Waals surface area (Å²) >= 11 is 0. The van der Waals surface area contributed by atoms with Crippen molar-refractivity contribution < 1.29 is 23.7 Å². The second kappa shape index (κ2) is 7.55. The Morgan fingerprint density at radius 2 is 2.04 bits per heavy atom. The summed E-state index contributed by atoms with van der Waals surface area (Å²) in [7, 11) is 0. The van der Waals surface area contributed by atoms with Gasteiger partial charge >= 0.3 is 5.97 Å². The fourth-order valence-corrected chi connectivity index (χ4v) is 2.29. The van der Waals surface area contributed by atoms with Crippen LogP contribution in [0.2, 0.25) is 0 Å². The highest BCUT2D eigenvalue weighted by atomic mass is 16.7. The van der Waals surface area contributed by atoms with Crippen molar-refractivity contribution in [3.8, 4) is 17.2 Å². The highest BCUT2D eigenvalue weighted by molar-refractivity contribution is 5.87. The zero-order valence-electron chi connectivity index (χ0n) is 13.4. The second-order valence-corrected chi connectivity index (χ2v) is 5.11. The zero-order chi connectivity index (χ0) is 16.8. The lowest BCUT2D eigenvalue weighted by molar-refractivity contribution is -0.137. The lowest BCUT2D eigenvalue weighted by atomic mass is 10.1. The van der Waals surface area contributed by atoms with Crippen LogP contribution in [0, 0.1) is 0 Å². The molecule has 2 aromatic carbocycles. The first-order chi connectivity index (χ1) is 11.8. The molecule has 1 heterocycles. The first-order valence-electron chi connectivity index (χ1n) is 7.71. The van der Waals surface area contributed by atoms with E-state index in [4.69, 9.17) is 18.9 Å². The van der Waals surface area contributed by atoms with E-state index in [1.165, 1.54) is 6.08 Å². The van der Waals surface area contributed by atoms with Crippen molar-refractivity contribution in [1.29, 1.82) is 0 Å². The Kier molecular flexibility index (Phi) is 5.01. The first kappa shape index (κ1) is 15.9. The van der Waals surface area contributed by atoms with Gasteiger partial charge in [0.1, 0.15) is 6.61 Å². The molecule has 0 aliphatic carbocycles. The van der Waals surface area contributed by atoms with Gasteiger partial charge in [0.15, 0.2) is 11.5 Å². The summed E-state index contributed by atoms with van der Waals surface area (Å²) in [4.78, 5) is 11.4. The van der Waals surface area contributed by atoms with Crippen LogP contribution in [0.4, 0.5) is 0 Å². The van der Waals surface area contributed by atoms with Crippen molar-refractivity contribution in [3.05, 3.63) is 59.7 Å². The molecule has 5 heteroatoms. The van der Waals surface area contributed by atoms with Gasteiger partial charge < -0.3 is 18.9 Å². The van der Waals surface area contributed by atoms with E-state index in [0.29, 0.717) is 30.5 Å². The first-order valence-corrected chi connectivity index (χ1v) is 7.71. The SMILES string of the molecule is CCOC(=O)/C=C/c1cc2c(c(OCc3ccccc3)c1)OCO2. The van der Waals surface area contributed by atoms with Crippen LogP contribution >= 0.6 is 0 Å². The molecule has 0 spiro atoms. The third-order valence-corrected chi connectivity index (χ3v) is 3.40. The van der Waals surface area contributed by atoms with Gasteiger partial charge in [0, 0.05) is 6.08 Å². The van der Waals surface area contributed by atoms with Gasteiger partial charge in [0.05, 0.1) is 6.61 Å². The third kappa shape index (κ3) is 3.87. The second-order valence-electron chi connectivity index (χ2n) is 5.11. The molecular formula is C19H18O5. The van der Waals surface area contributed by atoms with Crippen LogP contribution in [0.3, 0.4) is 0 Å². The van der Waals surface area contributed by atoms with E-state index in [-0.39, 0.29) is 12.8 Å². The largest absolute Gasteiger partial charge is 0.485 e. The Balaban J connectivity index is 1.79. The van der Waals surface area contributed by atoms with Gasteiger partial charge in [-0.15, -0.1) is 0 Å². The van der Waals surface area contributed by atoms with E-state index in [1.54, 1.807) is 19.1 Å². The normalized spacial score (nSPS) is 12.4. The maximum Gasteiger partial charge on any atom is 0.330 e. The van der Waals surface area contributed by atoms with E-state index in [0.717, 1.165) is 11.1 Å². The predicted molar refractivity (Wildman–Crippen MR) is 89.0 cm³/mol. The fraction of sp³-hybridized carbons (Fsp3) is 0.211. The molecule has 0 atom stereocenters. The Bertz CT molecular complexity index is 737. The molecule has 0 aromatic heterocycles. The van der Waals surface area contributed by atoms with E-state index >= 15 is 0 Å². The van der Waals surface area contributed by atoms with Crippen molar-refractivity contribution >= 4 is 12.0 Å². The van der Waals surface area contributed by atoms with Crippen LogP contribution in [0.5, 0.6) is 17.2 Å². The van der Waals surface area contributed by atoms with Crippen LogP contribution in [-0.4, -0.2) is 19.4 Å². The summed E-state index contributed by atoms with van der Waals surface area (Å²) in [5, 5.41) is 0. The molecule has 0 bridgehead atoms. The monoisotopic (exact) mass is 326 g/mol. The lowest BCUT2D eigenvalue weighted by Gasteiger charge is -2.10. The quantitative estimate of drug-likeness (QED) is 0.600. The van der Waals surface area contributed by atoms with Crippen LogP contribution in [0.25, 0.3) is 6.08 Å². The molecule has 24 heavy (non-hydrogen) atoms.